The maximum atomic E-state index is 13.7. The number of fused-ring (bicyclic) bond motifs is 1. The molecule has 0 bridgehead atoms. The molecule has 8 heteroatoms. The molecule has 0 saturated heterocycles. The predicted molar refractivity (Wildman–Crippen MR) is 141 cm³/mol. The van der Waals surface area contributed by atoms with E-state index in [-0.39, 0.29) is 12.2 Å². The van der Waals surface area contributed by atoms with Crippen LogP contribution in [-0.4, -0.2) is 17.1 Å². The molecule has 2 aromatic carbocycles. The number of halogens is 1. The first-order chi connectivity index (χ1) is 17.4. The first-order valence-electron chi connectivity index (χ1n) is 11.5. The fourth-order valence-electron chi connectivity index (χ4n) is 4.21. The highest BCUT2D eigenvalue weighted by atomic mass is 35.5. The smallest absolute Gasteiger partial charge is 0.338 e. The number of esters is 1. The molecule has 1 aliphatic heterocycles. The summed E-state index contributed by atoms with van der Waals surface area (Å²) in [5.74, 6) is 0.703. The maximum absolute atomic E-state index is 13.7. The Morgan fingerprint density at radius 1 is 1.17 bits per heavy atom. The van der Waals surface area contributed by atoms with E-state index in [1.807, 2.05) is 55.5 Å². The molecule has 0 aliphatic carbocycles. The molecule has 6 nitrogen and oxygen atoms in total. The largest absolute Gasteiger partial charge is 0.463 e. The first kappa shape index (κ1) is 24.0. The molecule has 0 radical (unpaired) electrons. The Morgan fingerprint density at radius 3 is 2.67 bits per heavy atom. The Balaban J connectivity index is 1.64. The molecule has 0 spiro atoms. The molecule has 182 valence electrons. The predicted octanol–water partition coefficient (Wildman–Crippen LogP) is 5.02. The van der Waals surface area contributed by atoms with Gasteiger partial charge < -0.3 is 9.15 Å². The molecule has 4 aromatic rings. The van der Waals surface area contributed by atoms with Crippen molar-refractivity contribution in [3.63, 3.8) is 0 Å². The van der Waals surface area contributed by atoms with Crippen LogP contribution in [0.3, 0.4) is 0 Å². The van der Waals surface area contributed by atoms with Gasteiger partial charge >= 0.3 is 5.97 Å². The van der Waals surface area contributed by atoms with E-state index in [0.29, 0.717) is 37.1 Å². The fourth-order valence-corrected chi connectivity index (χ4v) is 5.43. The topological polar surface area (TPSA) is 73.8 Å². The summed E-state index contributed by atoms with van der Waals surface area (Å²) in [6.45, 7) is 5.75. The lowest BCUT2D eigenvalue weighted by molar-refractivity contribution is -0.139. The van der Waals surface area contributed by atoms with Crippen molar-refractivity contribution in [2.45, 2.75) is 26.8 Å². The Bertz CT molecular complexity index is 1680. The van der Waals surface area contributed by atoms with Crippen molar-refractivity contribution in [1.82, 2.24) is 4.57 Å². The molecule has 3 heterocycles. The van der Waals surface area contributed by atoms with Crippen LogP contribution in [-0.2, 0) is 9.53 Å². The summed E-state index contributed by atoms with van der Waals surface area (Å²) in [5, 5.41) is 0.614. The van der Waals surface area contributed by atoms with E-state index < -0.39 is 12.0 Å². The summed E-state index contributed by atoms with van der Waals surface area (Å²) in [7, 11) is 0. The van der Waals surface area contributed by atoms with Crippen LogP contribution < -0.4 is 14.9 Å². The number of furan rings is 1. The molecule has 0 fully saturated rings. The Kier molecular flexibility index (Phi) is 6.51. The van der Waals surface area contributed by atoms with E-state index in [0.717, 1.165) is 16.7 Å². The zero-order valence-electron chi connectivity index (χ0n) is 19.9. The second-order valence-corrected chi connectivity index (χ2v) is 9.87. The van der Waals surface area contributed by atoms with Crippen molar-refractivity contribution in [2.75, 3.05) is 6.61 Å². The zero-order valence-corrected chi connectivity index (χ0v) is 21.5. The number of rotatable bonds is 5. The number of hydrogen-bond acceptors (Lipinski definition) is 6. The standard InChI is InChI=1S/C28H23ClN2O4S/c1-4-34-27(33)24-17(3)30-28-31(25(24)18-10-8-16(2)9-11-18)26(32)23(36-28)15-21-12-13-22(35-21)19-6-5-7-20(29)14-19/h5-15,25H,4H2,1-3H3/b23-15+/t25-/m1/s1. The third-order valence-electron chi connectivity index (χ3n) is 5.92. The van der Waals surface area contributed by atoms with Gasteiger partial charge in [-0.3, -0.25) is 9.36 Å². The number of aromatic nitrogens is 1. The second kappa shape index (κ2) is 9.76. The van der Waals surface area contributed by atoms with Gasteiger partial charge in [0.25, 0.3) is 5.56 Å². The van der Waals surface area contributed by atoms with Crippen molar-refractivity contribution < 1.29 is 13.9 Å². The van der Waals surface area contributed by atoms with Gasteiger partial charge in [-0.15, -0.1) is 0 Å². The SMILES string of the molecule is CCOC(=O)C1=C(C)N=c2s/c(=C/c3ccc(-c4cccc(Cl)c4)o3)c(=O)n2[C@@H]1c1ccc(C)cc1. The molecule has 0 amide bonds. The van der Waals surface area contributed by atoms with Crippen LogP contribution in [0.5, 0.6) is 0 Å². The highest BCUT2D eigenvalue weighted by Crippen LogP contribution is 2.31. The van der Waals surface area contributed by atoms with Crippen LogP contribution in [0.1, 0.15) is 36.8 Å². The maximum Gasteiger partial charge on any atom is 0.338 e. The summed E-state index contributed by atoms with van der Waals surface area (Å²) in [4.78, 5) is 31.7. The van der Waals surface area contributed by atoms with Gasteiger partial charge in [0.2, 0.25) is 0 Å². The van der Waals surface area contributed by atoms with Crippen molar-refractivity contribution >= 4 is 35.0 Å². The number of hydrogen-bond donors (Lipinski definition) is 0. The van der Waals surface area contributed by atoms with Gasteiger partial charge in [-0.2, -0.15) is 0 Å². The zero-order chi connectivity index (χ0) is 25.4. The number of ether oxygens (including phenoxy) is 1. The van der Waals surface area contributed by atoms with Gasteiger partial charge in [0, 0.05) is 16.7 Å². The van der Waals surface area contributed by atoms with Gasteiger partial charge in [-0.1, -0.05) is 64.9 Å². The molecule has 0 N–H and O–H groups in total. The van der Waals surface area contributed by atoms with Crippen molar-refractivity contribution in [3.05, 3.63) is 114 Å². The average Bonchev–Trinajstić information content (AvgIpc) is 3.43. The normalized spacial score (nSPS) is 15.6. The number of carbonyl (C=O) groups excluding carboxylic acids is 1. The van der Waals surface area contributed by atoms with Gasteiger partial charge in [0.1, 0.15) is 11.5 Å². The lowest BCUT2D eigenvalue weighted by Gasteiger charge is -2.24. The molecular weight excluding hydrogens is 496 g/mol. The Hall–Kier alpha value is -3.68. The quantitative estimate of drug-likeness (QED) is 0.348. The average molecular weight is 519 g/mol. The van der Waals surface area contributed by atoms with E-state index in [1.165, 1.54) is 11.3 Å². The molecule has 0 saturated carbocycles. The molecule has 5 rings (SSSR count). The number of carbonyl (C=O) groups is 1. The van der Waals surface area contributed by atoms with Crippen LogP contribution in [0.4, 0.5) is 0 Å². The molecule has 2 aromatic heterocycles. The van der Waals surface area contributed by atoms with Crippen LogP contribution in [0.2, 0.25) is 5.02 Å². The van der Waals surface area contributed by atoms with Crippen molar-refractivity contribution in [3.8, 4) is 11.3 Å². The van der Waals surface area contributed by atoms with E-state index in [9.17, 15) is 9.59 Å². The lowest BCUT2D eigenvalue weighted by Crippen LogP contribution is -2.39. The highest BCUT2D eigenvalue weighted by molar-refractivity contribution is 7.07. The van der Waals surface area contributed by atoms with Crippen LogP contribution in [0.15, 0.2) is 86.1 Å². The monoisotopic (exact) mass is 518 g/mol. The minimum absolute atomic E-state index is 0.230. The number of nitrogens with zero attached hydrogens (tertiary/aromatic N) is 2. The number of thiazole rings is 1. The number of allylic oxidation sites excluding steroid dienone is 1. The third kappa shape index (κ3) is 4.47. The van der Waals surface area contributed by atoms with Crippen LogP contribution in [0, 0.1) is 6.92 Å². The van der Waals surface area contributed by atoms with Gasteiger partial charge in [-0.05, 0) is 50.6 Å². The van der Waals surface area contributed by atoms with Crippen molar-refractivity contribution in [1.29, 1.82) is 0 Å². The van der Waals surface area contributed by atoms with E-state index in [2.05, 4.69) is 4.99 Å². The molecule has 1 atom stereocenters. The molecular formula is C28H23ClN2O4S. The molecule has 1 aliphatic rings. The first-order valence-corrected chi connectivity index (χ1v) is 12.7. The van der Waals surface area contributed by atoms with Crippen molar-refractivity contribution in [2.24, 2.45) is 4.99 Å². The summed E-state index contributed by atoms with van der Waals surface area (Å²) in [6, 6.07) is 18.2. The summed E-state index contributed by atoms with van der Waals surface area (Å²) in [6.07, 6.45) is 1.70. The fraction of sp³-hybridized carbons (Fsp3) is 0.179. The van der Waals surface area contributed by atoms with E-state index >= 15 is 0 Å². The van der Waals surface area contributed by atoms with E-state index in [1.54, 1.807) is 36.6 Å². The summed E-state index contributed by atoms with van der Waals surface area (Å²) < 4.78 is 13.3. The minimum atomic E-state index is -0.637. The molecule has 0 unspecified atom stereocenters. The van der Waals surface area contributed by atoms with Gasteiger partial charge in [0.15, 0.2) is 4.80 Å². The Labute approximate surface area is 216 Å². The number of benzene rings is 2. The summed E-state index contributed by atoms with van der Waals surface area (Å²) >= 11 is 7.37. The minimum Gasteiger partial charge on any atom is -0.463 e. The highest BCUT2D eigenvalue weighted by Gasteiger charge is 2.33. The van der Waals surface area contributed by atoms with E-state index in [4.69, 9.17) is 20.8 Å². The second-order valence-electron chi connectivity index (χ2n) is 8.43. The third-order valence-corrected chi connectivity index (χ3v) is 7.14. The van der Waals surface area contributed by atoms with Crippen LogP contribution in [0.25, 0.3) is 17.4 Å². The van der Waals surface area contributed by atoms with Gasteiger partial charge in [-0.25, -0.2) is 9.79 Å². The lowest BCUT2D eigenvalue weighted by atomic mass is 9.95. The van der Waals surface area contributed by atoms with Gasteiger partial charge in [0.05, 0.1) is 28.5 Å². The summed E-state index contributed by atoms with van der Waals surface area (Å²) in [5.41, 5.74) is 3.38. The molecule has 36 heavy (non-hydrogen) atoms. The number of aryl methyl sites for hydroxylation is 1. The van der Waals surface area contributed by atoms with Crippen LogP contribution >= 0.6 is 22.9 Å². The Morgan fingerprint density at radius 2 is 1.94 bits per heavy atom.